The highest BCUT2D eigenvalue weighted by Crippen LogP contribution is 2.10. The van der Waals surface area contributed by atoms with Crippen molar-refractivity contribution in [3.8, 4) is 0 Å². The molecule has 0 saturated carbocycles. The number of hydrogen-bond donors (Lipinski definition) is 1. The molecule has 6 nitrogen and oxygen atoms in total. The van der Waals surface area contributed by atoms with Crippen molar-refractivity contribution >= 4 is 15.8 Å². The summed E-state index contributed by atoms with van der Waals surface area (Å²) in [4.78, 5) is 13.5. The van der Waals surface area contributed by atoms with Gasteiger partial charge in [0.05, 0.1) is 18.1 Å². The molecule has 1 aliphatic heterocycles. The molecule has 0 radical (unpaired) electrons. The minimum Gasteiger partial charge on any atom is -0.465 e. The molecule has 0 aromatic carbocycles. The van der Waals surface area contributed by atoms with Gasteiger partial charge in [-0.1, -0.05) is 0 Å². The molecule has 0 aromatic heterocycles. The lowest BCUT2D eigenvalue weighted by Gasteiger charge is -2.32. The van der Waals surface area contributed by atoms with E-state index in [0.717, 1.165) is 0 Å². The highest BCUT2D eigenvalue weighted by Gasteiger charge is 2.34. The van der Waals surface area contributed by atoms with Gasteiger partial charge in [-0.15, -0.1) is 0 Å². The second-order valence-electron chi connectivity index (χ2n) is 4.57. The van der Waals surface area contributed by atoms with Crippen molar-refractivity contribution in [1.82, 2.24) is 4.90 Å². The van der Waals surface area contributed by atoms with Gasteiger partial charge in [-0.2, -0.15) is 0 Å². The van der Waals surface area contributed by atoms with E-state index in [9.17, 15) is 13.2 Å². The van der Waals surface area contributed by atoms with Crippen LogP contribution in [0.3, 0.4) is 0 Å². The zero-order valence-electron chi connectivity index (χ0n) is 10.3. The molecule has 0 aliphatic carbocycles. The molecule has 1 atom stereocenters. The van der Waals surface area contributed by atoms with Crippen LogP contribution in [0.25, 0.3) is 0 Å². The summed E-state index contributed by atoms with van der Waals surface area (Å²) in [5.41, 5.74) is 4.79. The quantitative estimate of drug-likeness (QED) is 0.655. The van der Waals surface area contributed by atoms with E-state index in [2.05, 4.69) is 0 Å². The average molecular weight is 264 g/mol. The van der Waals surface area contributed by atoms with Crippen LogP contribution in [0.2, 0.25) is 0 Å². The highest BCUT2D eigenvalue weighted by molar-refractivity contribution is 7.91. The topological polar surface area (TPSA) is 89.7 Å². The van der Waals surface area contributed by atoms with E-state index in [0.29, 0.717) is 26.2 Å². The molecular weight excluding hydrogens is 244 g/mol. The lowest BCUT2D eigenvalue weighted by Crippen LogP contribution is -2.56. The lowest BCUT2D eigenvalue weighted by atomic mass is 10.0. The van der Waals surface area contributed by atoms with Gasteiger partial charge in [-0.05, 0) is 13.8 Å². The number of hydrogen-bond acceptors (Lipinski definition) is 6. The van der Waals surface area contributed by atoms with E-state index in [-0.39, 0.29) is 11.5 Å². The van der Waals surface area contributed by atoms with Crippen molar-refractivity contribution in [3.05, 3.63) is 0 Å². The number of carbonyl (C=O) groups is 1. The van der Waals surface area contributed by atoms with E-state index in [4.69, 9.17) is 10.5 Å². The maximum atomic E-state index is 11.6. The molecule has 7 heteroatoms. The molecule has 0 bridgehead atoms. The van der Waals surface area contributed by atoms with Gasteiger partial charge in [0.15, 0.2) is 9.84 Å². The van der Waals surface area contributed by atoms with Crippen molar-refractivity contribution in [3.63, 3.8) is 0 Å². The molecule has 1 saturated heterocycles. The Labute approximate surface area is 102 Å². The van der Waals surface area contributed by atoms with E-state index in [1.807, 2.05) is 4.90 Å². The van der Waals surface area contributed by atoms with Crippen LogP contribution in [-0.2, 0) is 19.4 Å². The van der Waals surface area contributed by atoms with E-state index in [1.54, 1.807) is 13.8 Å². The first kappa shape index (κ1) is 14.4. The van der Waals surface area contributed by atoms with Crippen LogP contribution in [0.15, 0.2) is 0 Å². The second-order valence-corrected chi connectivity index (χ2v) is 6.87. The Bertz CT molecular complexity index is 364. The predicted molar refractivity (Wildman–Crippen MR) is 64.3 cm³/mol. The molecule has 2 N–H and O–H groups in total. The molecule has 0 amide bonds. The van der Waals surface area contributed by atoms with Crippen molar-refractivity contribution in [1.29, 1.82) is 0 Å². The largest absolute Gasteiger partial charge is 0.465 e. The maximum Gasteiger partial charge on any atom is 0.327 e. The molecule has 1 aliphatic rings. The van der Waals surface area contributed by atoms with Crippen LogP contribution < -0.4 is 5.73 Å². The van der Waals surface area contributed by atoms with Crippen LogP contribution in [0.5, 0.6) is 0 Å². The van der Waals surface area contributed by atoms with Gasteiger partial charge in [0.1, 0.15) is 5.54 Å². The molecule has 0 spiro atoms. The lowest BCUT2D eigenvalue weighted by molar-refractivity contribution is -0.149. The van der Waals surface area contributed by atoms with E-state index < -0.39 is 21.3 Å². The van der Waals surface area contributed by atoms with Crippen LogP contribution in [-0.4, -0.2) is 62.6 Å². The predicted octanol–water partition coefficient (Wildman–Crippen LogP) is -1.00. The van der Waals surface area contributed by atoms with Gasteiger partial charge < -0.3 is 10.5 Å². The Hall–Kier alpha value is -0.660. The van der Waals surface area contributed by atoms with Gasteiger partial charge in [0, 0.05) is 19.6 Å². The van der Waals surface area contributed by atoms with Crippen LogP contribution in [0.4, 0.5) is 0 Å². The van der Waals surface area contributed by atoms with E-state index >= 15 is 0 Å². The standard InChI is InChI=1S/C10H20N2O4S/c1-3-16-9(13)10(2,11)8-12-4-6-17(14,15)7-5-12/h3-8,11H2,1-2H3. The van der Waals surface area contributed by atoms with Gasteiger partial charge in [-0.3, -0.25) is 9.69 Å². The third-order valence-corrected chi connectivity index (χ3v) is 4.34. The minimum atomic E-state index is -2.90. The van der Waals surface area contributed by atoms with Crippen LogP contribution in [0.1, 0.15) is 13.8 Å². The molecule has 1 rings (SSSR count). The van der Waals surface area contributed by atoms with Gasteiger partial charge in [-0.25, -0.2) is 8.42 Å². The normalized spacial score (nSPS) is 23.9. The summed E-state index contributed by atoms with van der Waals surface area (Å²) >= 11 is 0. The molecule has 0 aromatic rings. The summed E-state index contributed by atoms with van der Waals surface area (Å²) in [6.07, 6.45) is 0. The fourth-order valence-corrected chi connectivity index (χ4v) is 3.01. The number of esters is 1. The van der Waals surface area contributed by atoms with Crippen molar-refractivity contribution < 1.29 is 17.9 Å². The number of carbonyl (C=O) groups excluding carboxylic acids is 1. The zero-order valence-corrected chi connectivity index (χ0v) is 11.1. The van der Waals surface area contributed by atoms with Crippen molar-refractivity contribution in [2.75, 3.05) is 37.7 Å². The van der Waals surface area contributed by atoms with Gasteiger partial charge in [0.2, 0.25) is 0 Å². The Balaban J connectivity index is 2.52. The number of nitrogens with two attached hydrogens (primary N) is 1. The van der Waals surface area contributed by atoms with Gasteiger partial charge in [0.25, 0.3) is 0 Å². The maximum absolute atomic E-state index is 11.6. The van der Waals surface area contributed by atoms with Crippen LogP contribution >= 0.6 is 0 Å². The summed E-state index contributed by atoms with van der Waals surface area (Å²) < 4.78 is 27.4. The molecule has 100 valence electrons. The summed E-state index contributed by atoms with van der Waals surface area (Å²) in [5, 5.41) is 0. The minimum absolute atomic E-state index is 0.131. The van der Waals surface area contributed by atoms with Gasteiger partial charge >= 0.3 is 5.97 Å². The fourth-order valence-electron chi connectivity index (χ4n) is 1.73. The first-order valence-electron chi connectivity index (χ1n) is 5.66. The molecular formula is C10H20N2O4S. The molecule has 1 fully saturated rings. The van der Waals surface area contributed by atoms with Crippen molar-refractivity contribution in [2.24, 2.45) is 5.73 Å². The first-order valence-corrected chi connectivity index (χ1v) is 7.48. The Morgan fingerprint density at radius 3 is 2.41 bits per heavy atom. The third-order valence-electron chi connectivity index (χ3n) is 2.73. The summed E-state index contributed by atoms with van der Waals surface area (Å²) in [7, 11) is -2.90. The summed E-state index contributed by atoms with van der Waals surface area (Å²) in [6, 6.07) is 0. The molecule has 1 heterocycles. The number of nitrogens with zero attached hydrogens (tertiary/aromatic N) is 1. The van der Waals surface area contributed by atoms with Crippen LogP contribution in [0, 0.1) is 0 Å². The number of sulfone groups is 1. The van der Waals surface area contributed by atoms with Crippen molar-refractivity contribution in [2.45, 2.75) is 19.4 Å². The second kappa shape index (κ2) is 5.32. The number of rotatable bonds is 4. The Morgan fingerprint density at radius 1 is 1.41 bits per heavy atom. The Morgan fingerprint density at radius 2 is 1.94 bits per heavy atom. The third kappa shape index (κ3) is 4.25. The first-order chi connectivity index (χ1) is 7.77. The molecule has 17 heavy (non-hydrogen) atoms. The molecule has 1 unspecified atom stereocenters. The SMILES string of the molecule is CCOC(=O)C(C)(N)CN1CCS(=O)(=O)CC1. The average Bonchev–Trinajstić information content (AvgIpc) is 2.21. The summed E-state index contributed by atoms with van der Waals surface area (Å²) in [5.74, 6) is -0.189. The zero-order chi connectivity index (χ0) is 13.1. The highest BCUT2D eigenvalue weighted by atomic mass is 32.2. The van der Waals surface area contributed by atoms with E-state index in [1.165, 1.54) is 0 Å². The Kier molecular flexibility index (Phi) is 4.51. The smallest absolute Gasteiger partial charge is 0.327 e. The summed E-state index contributed by atoms with van der Waals surface area (Å²) in [6.45, 7) is 4.79. The fraction of sp³-hybridized carbons (Fsp3) is 0.900. The monoisotopic (exact) mass is 264 g/mol. The number of ether oxygens (including phenoxy) is 1.